The molecule has 2 aromatic carbocycles. The number of nitrogens with zero attached hydrogens (tertiary/aromatic N) is 3. The molecule has 4 rings (SSSR count). The Morgan fingerprint density at radius 3 is 2.50 bits per heavy atom. The van der Waals surface area contributed by atoms with Gasteiger partial charge in [-0.2, -0.15) is 23.5 Å². The average molecular weight is 471 g/mol. The Morgan fingerprint density at radius 2 is 1.88 bits per heavy atom. The molecule has 1 aliphatic rings. The van der Waals surface area contributed by atoms with E-state index in [1.807, 2.05) is 6.07 Å². The number of amides is 1. The third-order valence-electron chi connectivity index (χ3n) is 5.56. The van der Waals surface area contributed by atoms with E-state index < -0.39 is 24.2 Å². The molecule has 1 aromatic heterocycles. The average Bonchev–Trinajstić information content (AvgIpc) is 3.27. The van der Waals surface area contributed by atoms with Crippen LogP contribution in [0.4, 0.5) is 24.7 Å². The van der Waals surface area contributed by atoms with Crippen molar-refractivity contribution in [3.05, 3.63) is 65.4 Å². The van der Waals surface area contributed by atoms with Gasteiger partial charge in [0.15, 0.2) is 17.5 Å². The zero-order valence-electron chi connectivity index (χ0n) is 18.2. The number of nitrogens with one attached hydrogen (secondary N) is 2. The first-order valence-electron chi connectivity index (χ1n) is 10.2. The van der Waals surface area contributed by atoms with Crippen LogP contribution in [0, 0.1) is 11.3 Å². The fourth-order valence-electron chi connectivity index (χ4n) is 3.84. The first-order chi connectivity index (χ1) is 16.2. The predicted molar refractivity (Wildman–Crippen MR) is 117 cm³/mol. The number of hydrogen-bond acceptors (Lipinski definition) is 6. The lowest BCUT2D eigenvalue weighted by Crippen LogP contribution is -2.36. The van der Waals surface area contributed by atoms with Crippen molar-refractivity contribution < 1.29 is 27.4 Å². The molecule has 0 aliphatic carbocycles. The number of methoxy groups -OCH3 is 2. The van der Waals surface area contributed by atoms with Crippen molar-refractivity contribution in [2.75, 3.05) is 24.9 Å². The Balaban J connectivity index is 1.68. The molecule has 2 N–H and O–H groups in total. The maximum absolute atomic E-state index is 13.9. The standard InChI is InChI=1S/C23H20F3N5O3/c1-33-18-8-5-14(9-19(18)34-2)17-10-20(23(24,25)26)31-21(30-17)16(12-28-31)22(32)29-15-6-3-13(11-27)4-7-15/h3-9,12,17,20,30H,10H2,1-2H3,(H,29,32)/t17-,20+/m0/s1. The zero-order valence-corrected chi connectivity index (χ0v) is 18.2. The number of alkyl halides is 3. The molecular weight excluding hydrogens is 451 g/mol. The number of halogens is 3. The van der Waals surface area contributed by atoms with Crippen molar-refractivity contribution in [2.24, 2.45) is 0 Å². The van der Waals surface area contributed by atoms with E-state index in [0.29, 0.717) is 28.3 Å². The quantitative estimate of drug-likeness (QED) is 0.560. The molecule has 3 aromatic rings. The van der Waals surface area contributed by atoms with Gasteiger partial charge in [0.25, 0.3) is 5.91 Å². The van der Waals surface area contributed by atoms with Gasteiger partial charge in [0, 0.05) is 12.1 Å². The molecule has 2 atom stereocenters. The van der Waals surface area contributed by atoms with Crippen LogP contribution < -0.4 is 20.1 Å². The van der Waals surface area contributed by atoms with Gasteiger partial charge < -0.3 is 20.1 Å². The molecule has 11 heteroatoms. The molecule has 176 valence electrons. The van der Waals surface area contributed by atoms with Crippen LogP contribution in [0.1, 0.15) is 40.0 Å². The molecule has 8 nitrogen and oxygen atoms in total. The van der Waals surface area contributed by atoms with Crippen molar-refractivity contribution >= 4 is 17.4 Å². The minimum absolute atomic E-state index is 0.0382. The van der Waals surface area contributed by atoms with Gasteiger partial charge in [0.05, 0.1) is 38.1 Å². The summed E-state index contributed by atoms with van der Waals surface area (Å²) >= 11 is 0. The smallest absolute Gasteiger partial charge is 0.410 e. The molecule has 2 heterocycles. The van der Waals surface area contributed by atoms with Crippen LogP contribution in [0.15, 0.2) is 48.7 Å². The maximum atomic E-state index is 13.9. The van der Waals surface area contributed by atoms with Crippen LogP contribution in [0.5, 0.6) is 11.5 Å². The van der Waals surface area contributed by atoms with Crippen LogP contribution in [-0.4, -0.2) is 36.1 Å². The SMILES string of the molecule is COc1ccc([C@@H]2C[C@H](C(F)(F)F)n3ncc(C(=O)Nc4ccc(C#N)cc4)c3N2)cc1OC. The number of ether oxygens (including phenoxy) is 2. The summed E-state index contributed by atoms with van der Waals surface area (Å²) in [6.07, 6.45) is -3.81. The van der Waals surface area contributed by atoms with E-state index in [1.54, 1.807) is 18.2 Å². The van der Waals surface area contributed by atoms with Gasteiger partial charge in [0.1, 0.15) is 11.4 Å². The summed E-state index contributed by atoms with van der Waals surface area (Å²) in [5.74, 6) is 0.150. The molecule has 0 fully saturated rings. The van der Waals surface area contributed by atoms with E-state index in [9.17, 15) is 18.0 Å². The lowest BCUT2D eigenvalue weighted by Gasteiger charge is -2.34. The lowest BCUT2D eigenvalue weighted by molar-refractivity contribution is -0.173. The molecule has 1 amide bonds. The topological polar surface area (TPSA) is 101 Å². The zero-order chi connectivity index (χ0) is 24.5. The number of anilines is 2. The van der Waals surface area contributed by atoms with E-state index >= 15 is 0 Å². The second kappa shape index (κ2) is 8.97. The lowest BCUT2D eigenvalue weighted by atomic mass is 9.96. The fraction of sp³-hybridized carbons (Fsp3) is 0.261. The number of fused-ring (bicyclic) bond motifs is 1. The molecule has 0 saturated carbocycles. The highest BCUT2D eigenvalue weighted by Crippen LogP contribution is 2.45. The minimum Gasteiger partial charge on any atom is -0.493 e. The van der Waals surface area contributed by atoms with E-state index in [2.05, 4.69) is 15.7 Å². The predicted octanol–water partition coefficient (Wildman–Crippen LogP) is 4.68. The van der Waals surface area contributed by atoms with Gasteiger partial charge >= 0.3 is 6.18 Å². The van der Waals surface area contributed by atoms with Crippen molar-refractivity contribution in [1.29, 1.82) is 5.26 Å². The highest BCUT2D eigenvalue weighted by atomic mass is 19.4. The number of rotatable bonds is 5. The van der Waals surface area contributed by atoms with Crippen LogP contribution in [0.2, 0.25) is 0 Å². The second-order valence-corrected chi connectivity index (χ2v) is 7.60. The Bertz CT molecular complexity index is 1250. The minimum atomic E-state index is -4.58. The van der Waals surface area contributed by atoms with Crippen LogP contribution in [0.25, 0.3) is 0 Å². The Labute approximate surface area is 192 Å². The molecule has 0 bridgehead atoms. The Kier molecular flexibility index (Phi) is 6.06. The van der Waals surface area contributed by atoms with Crippen molar-refractivity contribution in [1.82, 2.24) is 9.78 Å². The number of carbonyl (C=O) groups is 1. The van der Waals surface area contributed by atoms with Crippen molar-refractivity contribution in [3.63, 3.8) is 0 Å². The fourth-order valence-corrected chi connectivity index (χ4v) is 3.84. The van der Waals surface area contributed by atoms with Crippen LogP contribution in [-0.2, 0) is 0 Å². The van der Waals surface area contributed by atoms with Gasteiger partial charge in [-0.15, -0.1) is 0 Å². The van der Waals surface area contributed by atoms with Gasteiger partial charge in [-0.3, -0.25) is 4.79 Å². The summed E-state index contributed by atoms with van der Waals surface area (Å²) in [7, 11) is 2.91. The molecule has 1 aliphatic heterocycles. The van der Waals surface area contributed by atoms with E-state index in [4.69, 9.17) is 14.7 Å². The highest BCUT2D eigenvalue weighted by Gasteiger charge is 2.47. The maximum Gasteiger partial charge on any atom is 0.410 e. The highest BCUT2D eigenvalue weighted by molar-refractivity contribution is 6.07. The molecular formula is C23H20F3N5O3. The number of nitriles is 1. The Morgan fingerprint density at radius 1 is 1.18 bits per heavy atom. The van der Waals surface area contributed by atoms with Crippen molar-refractivity contribution in [2.45, 2.75) is 24.7 Å². The largest absolute Gasteiger partial charge is 0.493 e. The molecule has 0 radical (unpaired) electrons. The molecule has 0 saturated heterocycles. The number of carbonyl (C=O) groups excluding carboxylic acids is 1. The summed E-state index contributed by atoms with van der Waals surface area (Å²) in [6, 6.07) is 10.2. The normalized spacial score (nSPS) is 17.2. The molecule has 34 heavy (non-hydrogen) atoms. The first-order valence-corrected chi connectivity index (χ1v) is 10.2. The van der Waals surface area contributed by atoms with Crippen molar-refractivity contribution in [3.8, 4) is 17.6 Å². The summed E-state index contributed by atoms with van der Waals surface area (Å²) in [5.41, 5.74) is 1.30. The van der Waals surface area contributed by atoms with Gasteiger partial charge in [0.2, 0.25) is 0 Å². The summed E-state index contributed by atoms with van der Waals surface area (Å²) in [6.45, 7) is 0. The first kappa shape index (κ1) is 23.0. The van der Waals surface area contributed by atoms with Gasteiger partial charge in [-0.05, 0) is 42.0 Å². The summed E-state index contributed by atoms with van der Waals surface area (Å²) in [5, 5.41) is 18.4. The third-order valence-corrected chi connectivity index (χ3v) is 5.56. The summed E-state index contributed by atoms with van der Waals surface area (Å²) in [4.78, 5) is 12.9. The molecule has 0 unspecified atom stereocenters. The third kappa shape index (κ3) is 4.34. The van der Waals surface area contributed by atoms with E-state index in [-0.39, 0.29) is 17.8 Å². The number of aromatic nitrogens is 2. The number of hydrogen-bond donors (Lipinski definition) is 2. The Hall–Kier alpha value is -4.20. The second-order valence-electron chi connectivity index (χ2n) is 7.60. The van der Waals surface area contributed by atoms with Crippen LogP contribution >= 0.6 is 0 Å². The van der Waals surface area contributed by atoms with Gasteiger partial charge in [-0.1, -0.05) is 6.07 Å². The van der Waals surface area contributed by atoms with Gasteiger partial charge in [-0.25, -0.2) is 4.68 Å². The van der Waals surface area contributed by atoms with E-state index in [0.717, 1.165) is 10.9 Å². The summed E-state index contributed by atoms with van der Waals surface area (Å²) < 4.78 is 53.1. The monoisotopic (exact) mass is 471 g/mol. The molecule has 0 spiro atoms. The van der Waals surface area contributed by atoms with Crippen LogP contribution in [0.3, 0.4) is 0 Å². The van der Waals surface area contributed by atoms with E-state index in [1.165, 1.54) is 38.5 Å². The number of benzene rings is 2.